The Bertz CT molecular complexity index is 1000. The van der Waals surface area contributed by atoms with Gasteiger partial charge in [0.05, 0.1) is 10.9 Å². The quantitative estimate of drug-likeness (QED) is 0.623. The molecule has 0 amide bonds. The fourth-order valence-electron chi connectivity index (χ4n) is 2.93. The van der Waals surface area contributed by atoms with E-state index >= 15 is 0 Å². The van der Waals surface area contributed by atoms with Crippen molar-refractivity contribution in [2.45, 2.75) is 33.6 Å². The van der Waals surface area contributed by atoms with Crippen molar-refractivity contribution >= 4 is 11.0 Å². The van der Waals surface area contributed by atoms with E-state index in [0.717, 1.165) is 23.3 Å². The molecule has 0 atom stereocenters. The second-order valence-corrected chi connectivity index (χ2v) is 6.40. The molecule has 0 saturated heterocycles. The molecule has 4 heteroatoms. The first kappa shape index (κ1) is 16.4. The summed E-state index contributed by atoms with van der Waals surface area (Å²) in [6.07, 6.45) is 0. The number of hydrogen-bond donors (Lipinski definition) is 0. The van der Waals surface area contributed by atoms with Gasteiger partial charge < -0.3 is 4.42 Å². The minimum atomic E-state index is -0.751. The van der Waals surface area contributed by atoms with Gasteiger partial charge in [0, 0.05) is 11.6 Å². The van der Waals surface area contributed by atoms with E-state index in [1.54, 1.807) is 13.0 Å². The van der Waals surface area contributed by atoms with E-state index in [4.69, 9.17) is 4.42 Å². The number of aryl methyl sites for hydroxylation is 1. The zero-order valence-electron chi connectivity index (χ0n) is 14.0. The Hall–Kier alpha value is -2.49. The molecule has 1 heterocycles. The number of rotatable bonds is 2. The molecule has 0 aliphatic carbocycles. The topological polar surface area (TPSA) is 30.2 Å². The summed E-state index contributed by atoms with van der Waals surface area (Å²) in [5.41, 5.74) is 2.53. The lowest BCUT2D eigenvalue weighted by molar-refractivity contribution is 0.569. The van der Waals surface area contributed by atoms with Gasteiger partial charge in [-0.05, 0) is 49.1 Å². The van der Waals surface area contributed by atoms with Crippen molar-refractivity contribution in [1.82, 2.24) is 0 Å². The van der Waals surface area contributed by atoms with Crippen LogP contribution in [-0.4, -0.2) is 0 Å². The molecule has 0 aliphatic rings. The minimum Gasteiger partial charge on any atom is -0.455 e. The van der Waals surface area contributed by atoms with E-state index in [1.807, 2.05) is 26.8 Å². The maximum atomic E-state index is 14.2. The van der Waals surface area contributed by atoms with Crippen molar-refractivity contribution in [2.24, 2.45) is 0 Å². The number of halogens is 2. The van der Waals surface area contributed by atoms with E-state index in [1.165, 1.54) is 6.07 Å². The van der Waals surface area contributed by atoms with Crippen LogP contribution in [0, 0.1) is 25.5 Å². The summed E-state index contributed by atoms with van der Waals surface area (Å²) in [6.45, 7) is 7.53. The van der Waals surface area contributed by atoms with E-state index < -0.39 is 11.6 Å². The first-order valence-electron chi connectivity index (χ1n) is 7.83. The zero-order valence-corrected chi connectivity index (χ0v) is 14.0. The molecule has 0 spiro atoms. The van der Waals surface area contributed by atoms with Crippen LogP contribution in [0.4, 0.5) is 8.78 Å². The van der Waals surface area contributed by atoms with Gasteiger partial charge in [-0.15, -0.1) is 0 Å². The predicted octanol–water partition coefficient (Wildman–Crippen LogP) is 5.48. The van der Waals surface area contributed by atoms with Crippen LogP contribution in [0.1, 0.15) is 36.5 Å². The lowest BCUT2D eigenvalue weighted by Gasteiger charge is -2.14. The van der Waals surface area contributed by atoms with Gasteiger partial charge in [0.15, 0.2) is 5.43 Å². The van der Waals surface area contributed by atoms with Crippen LogP contribution < -0.4 is 5.43 Å². The Morgan fingerprint density at radius 1 is 1.04 bits per heavy atom. The molecule has 2 nitrogen and oxygen atoms in total. The molecule has 1 aromatic heterocycles. The third-order valence-corrected chi connectivity index (χ3v) is 4.19. The highest BCUT2D eigenvalue weighted by atomic mass is 19.1. The van der Waals surface area contributed by atoms with Crippen LogP contribution in [0.25, 0.3) is 22.3 Å². The maximum absolute atomic E-state index is 14.2. The molecule has 0 unspecified atom stereocenters. The molecule has 3 aromatic rings. The maximum Gasteiger partial charge on any atom is 0.196 e. The highest BCUT2D eigenvalue weighted by molar-refractivity contribution is 5.84. The lowest BCUT2D eigenvalue weighted by Crippen LogP contribution is -2.09. The summed E-state index contributed by atoms with van der Waals surface area (Å²) in [5.74, 6) is -1.13. The minimum absolute atomic E-state index is 0.0863. The van der Waals surface area contributed by atoms with Crippen LogP contribution in [0.5, 0.6) is 0 Å². The van der Waals surface area contributed by atoms with Crippen molar-refractivity contribution in [2.75, 3.05) is 0 Å². The van der Waals surface area contributed by atoms with Crippen molar-refractivity contribution < 1.29 is 13.2 Å². The fourth-order valence-corrected chi connectivity index (χ4v) is 2.93. The van der Waals surface area contributed by atoms with Crippen molar-refractivity contribution in [3.8, 4) is 11.3 Å². The van der Waals surface area contributed by atoms with Crippen LogP contribution in [-0.2, 0) is 0 Å². The van der Waals surface area contributed by atoms with E-state index in [9.17, 15) is 13.6 Å². The van der Waals surface area contributed by atoms with Gasteiger partial charge in [-0.2, -0.15) is 0 Å². The van der Waals surface area contributed by atoms with Crippen LogP contribution >= 0.6 is 0 Å². The van der Waals surface area contributed by atoms with Gasteiger partial charge in [-0.1, -0.05) is 19.9 Å². The molecule has 0 aliphatic heterocycles. The van der Waals surface area contributed by atoms with Gasteiger partial charge in [0.25, 0.3) is 0 Å². The Labute approximate surface area is 138 Å². The highest BCUT2D eigenvalue weighted by Crippen LogP contribution is 2.32. The van der Waals surface area contributed by atoms with Crippen LogP contribution in [0.2, 0.25) is 0 Å². The third-order valence-electron chi connectivity index (χ3n) is 4.19. The average molecular weight is 328 g/mol. The highest BCUT2D eigenvalue weighted by Gasteiger charge is 2.19. The molecule has 124 valence electrons. The first-order chi connectivity index (χ1) is 11.3. The number of fused-ring (bicyclic) bond motifs is 1. The normalized spacial score (nSPS) is 11.5. The Morgan fingerprint density at radius 2 is 1.75 bits per heavy atom. The van der Waals surface area contributed by atoms with Crippen LogP contribution in [0.15, 0.2) is 39.5 Å². The van der Waals surface area contributed by atoms with E-state index in [2.05, 4.69) is 0 Å². The third kappa shape index (κ3) is 2.62. The molecular weight excluding hydrogens is 310 g/mol. The molecule has 0 saturated carbocycles. The smallest absolute Gasteiger partial charge is 0.196 e. The summed E-state index contributed by atoms with van der Waals surface area (Å²) in [4.78, 5) is 12.8. The second-order valence-electron chi connectivity index (χ2n) is 6.40. The Morgan fingerprint density at radius 3 is 2.38 bits per heavy atom. The zero-order chi connectivity index (χ0) is 17.6. The monoisotopic (exact) mass is 328 g/mol. The standard InChI is InChI=1S/C20H18F2O2/c1-10(2)15-7-11(3)8-16-18(23)12(4)19(24-20(15)16)14-6-5-13(21)9-17(14)22/h5-10H,1-4H3. The fraction of sp³-hybridized carbons (Fsp3) is 0.250. The summed E-state index contributed by atoms with van der Waals surface area (Å²) < 4.78 is 33.3. The Balaban J connectivity index is 2.43. The van der Waals surface area contributed by atoms with Crippen molar-refractivity contribution in [3.63, 3.8) is 0 Å². The summed E-state index contributed by atoms with van der Waals surface area (Å²) in [6, 6.07) is 6.99. The summed E-state index contributed by atoms with van der Waals surface area (Å²) >= 11 is 0. The number of benzene rings is 2. The molecule has 0 radical (unpaired) electrons. The van der Waals surface area contributed by atoms with Gasteiger partial charge in [0.1, 0.15) is 23.0 Å². The predicted molar refractivity (Wildman–Crippen MR) is 91.4 cm³/mol. The lowest BCUT2D eigenvalue weighted by atomic mass is 9.96. The van der Waals surface area contributed by atoms with Gasteiger partial charge in [-0.3, -0.25) is 4.79 Å². The second kappa shape index (κ2) is 5.86. The molecule has 3 rings (SSSR count). The summed E-state index contributed by atoms with van der Waals surface area (Å²) in [5, 5.41) is 0.488. The summed E-state index contributed by atoms with van der Waals surface area (Å²) in [7, 11) is 0. The molecule has 0 bridgehead atoms. The van der Waals surface area contributed by atoms with E-state index in [0.29, 0.717) is 16.5 Å². The van der Waals surface area contributed by atoms with Crippen molar-refractivity contribution in [1.29, 1.82) is 0 Å². The first-order valence-corrected chi connectivity index (χ1v) is 7.83. The molecular formula is C20H18F2O2. The van der Waals surface area contributed by atoms with Gasteiger partial charge in [-0.25, -0.2) is 8.78 Å². The molecule has 0 N–H and O–H groups in total. The molecule has 0 fully saturated rings. The van der Waals surface area contributed by atoms with Crippen molar-refractivity contribution in [3.05, 3.63) is 68.9 Å². The van der Waals surface area contributed by atoms with Crippen LogP contribution in [0.3, 0.4) is 0 Å². The number of hydrogen-bond acceptors (Lipinski definition) is 2. The Kier molecular flexibility index (Phi) is 3.99. The van der Waals surface area contributed by atoms with E-state index in [-0.39, 0.29) is 22.7 Å². The van der Waals surface area contributed by atoms with Gasteiger partial charge in [0.2, 0.25) is 0 Å². The molecule has 2 aromatic carbocycles. The largest absolute Gasteiger partial charge is 0.455 e. The SMILES string of the molecule is Cc1cc(C(C)C)c2oc(-c3ccc(F)cc3F)c(C)c(=O)c2c1. The van der Waals surface area contributed by atoms with Gasteiger partial charge >= 0.3 is 0 Å². The molecule has 24 heavy (non-hydrogen) atoms. The average Bonchev–Trinajstić information content (AvgIpc) is 2.51.